The van der Waals surface area contributed by atoms with Crippen LogP contribution in [-0.2, 0) is 11.3 Å². The highest BCUT2D eigenvalue weighted by Gasteiger charge is 2.27. The zero-order valence-electron chi connectivity index (χ0n) is 19.6. The molecule has 0 unspecified atom stereocenters. The van der Waals surface area contributed by atoms with Crippen LogP contribution in [0.3, 0.4) is 0 Å². The van der Waals surface area contributed by atoms with Gasteiger partial charge >= 0.3 is 0 Å². The molecule has 0 aliphatic heterocycles. The van der Waals surface area contributed by atoms with Crippen LogP contribution in [0.5, 0.6) is 0 Å². The maximum absolute atomic E-state index is 13.1. The number of thiazole rings is 1. The molecule has 1 fully saturated rings. The van der Waals surface area contributed by atoms with Crippen molar-refractivity contribution in [2.45, 2.75) is 58.0 Å². The molecule has 0 radical (unpaired) electrons. The average Bonchev–Trinajstić information content (AvgIpc) is 3.35. The van der Waals surface area contributed by atoms with Gasteiger partial charge in [-0.25, -0.2) is 9.97 Å². The number of halogens is 1. The van der Waals surface area contributed by atoms with E-state index in [0.717, 1.165) is 29.2 Å². The summed E-state index contributed by atoms with van der Waals surface area (Å²) < 4.78 is 0. The summed E-state index contributed by atoms with van der Waals surface area (Å²) in [5.41, 5.74) is 1.64. The lowest BCUT2D eigenvalue weighted by Gasteiger charge is -2.26. The van der Waals surface area contributed by atoms with Crippen molar-refractivity contribution in [3.8, 4) is 0 Å². The number of carbonyl (C=O) groups is 2. The minimum absolute atomic E-state index is 0.252. The van der Waals surface area contributed by atoms with E-state index in [1.807, 2.05) is 13.0 Å². The van der Waals surface area contributed by atoms with Crippen LogP contribution in [-0.4, -0.2) is 32.8 Å². The Kier molecular flexibility index (Phi) is 8.65. The number of rotatable bonds is 9. The Morgan fingerprint density at radius 1 is 1.14 bits per heavy atom. The van der Waals surface area contributed by atoms with Gasteiger partial charge < -0.3 is 16.0 Å². The summed E-state index contributed by atoms with van der Waals surface area (Å²) in [7, 11) is 0. The molecule has 0 spiro atoms. The first-order chi connectivity index (χ1) is 17.0. The van der Waals surface area contributed by atoms with Gasteiger partial charge in [-0.15, -0.1) is 11.3 Å². The molecule has 4 rings (SSSR count). The van der Waals surface area contributed by atoms with Crippen LogP contribution in [0, 0.1) is 12.8 Å². The molecule has 1 saturated carbocycles. The molecule has 3 aromatic heterocycles. The van der Waals surface area contributed by atoms with Crippen LogP contribution in [0.1, 0.15) is 58.9 Å². The fraction of sp³-hybridized carbons (Fsp3) is 0.400. The Hall–Kier alpha value is -3.04. The zero-order chi connectivity index (χ0) is 24.6. The summed E-state index contributed by atoms with van der Waals surface area (Å²) in [4.78, 5) is 39.4. The van der Waals surface area contributed by atoms with E-state index in [1.165, 1.54) is 30.6 Å². The fourth-order valence-corrected chi connectivity index (χ4v) is 5.14. The van der Waals surface area contributed by atoms with Gasteiger partial charge in [0.2, 0.25) is 5.91 Å². The van der Waals surface area contributed by atoms with Gasteiger partial charge in [0.25, 0.3) is 5.91 Å². The highest BCUT2D eigenvalue weighted by molar-refractivity contribution is 7.13. The lowest BCUT2D eigenvalue weighted by molar-refractivity contribution is -0.118. The van der Waals surface area contributed by atoms with Crippen molar-refractivity contribution in [1.82, 2.24) is 20.3 Å². The Morgan fingerprint density at radius 3 is 2.74 bits per heavy atom. The number of pyridine rings is 2. The van der Waals surface area contributed by atoms with E-state index >= 15 is 0 Å². The summed E-state index contributed by atoms with van der Waals surface area (Å²) in [6, 6.07) is 6.50. The van der Waals surface area contributed by atoms with Crippen LogP contribution in [0.4, 0.5) is 11.5 Å². The Bertz CT molecular complexity index is 1150. The third-order valence-corrected chi connectivity index (χ3v) is 7.30. The standard InChI is InChI=1S/C25H29ClN6O2S/c1-16-19(12-18(26)13-28-16)29-15-23-30-14-21(35-23)25(34)31-20(11-17-7-3-2-4-8-17)24(33)32-22-9-5-6-10-27-22/h5-6,9-10,12-14,17,20,29H,2-4,7-8,11,15H2,1H3,(H,31,34)(H,27,32,33)/t20-/m0/s1. The summed E-state index contributed by atoms with van der Waals surface area (Å²) >= 11 is 7.32. The van der Waals surface area contributed by atoms with Crippen LogP contribution in [0.15, 0.2) is 42.9 Å². The van der Waals surface area contributed by atoms with Crippen molar-refractivity contribution in [1.29, 1.82) is 0 Å². The highest BCUT2D eigenvalue weighted by Crippen LogP contribution is 2.28. The summed E-state index contributed by atoms with van der Waals surface area (Å²) in [6.07, 6.45) is 11.1. The highest BCUT2D eigenvalue weighted by atomic mass is 35.5. The lowest BCUT2D eigenvalue weighted by Crippen LogP contribution is -2.45. The van der Waals surface area contributed by atoms with Crippen molar-refractivity contribution < 1.29 is 9.59 Å². The number of aromatic nitrogens is 3. The molecule has 8 nitrogen and oxygen atoms in total. The number of anilines is 2. The predicted molar refractivity (Wildman–Crippen MR) is 139 cm³/mol. The van der Waals surface area contributed by atoms with E-state index in [-0.39, 0.29) is 11.8 Å². The summed E-state index contributed by atoms with van der Waals surface area (Å²) in [5, 5.41) is 10.3. The molecular formula is C25H29ClN6O2S. The number of aryl methyl sites for hydroxylation is 1. The monoisotopic (exact) mass is 512 g/mol. The van der Waals surface area contributed by atoms with E-state index in [1.54, 1.807) is 36.8 Å². The van der Waals surface area contributed by atoms with Gasteiger partial charge in [-0.2, -0.15) is 0 Å². The van der Waals surface area contributed by atoms with Gasteiger partial charge in [0, 0.05) is 12.4 Å². The van der Waals surface area contributed by atoms with E-state index in [4.69, 9.17) is 11.6 Å². The molecule has 1 aliphatic carbocycles. The second-order valence-electron chi connectivity index (χ2n) is 8.73. The van der Waals surface area contributed by atoms with Crippen molar-refractivity contribution in [2.75, 3.05) is 10.6 Å². The number of amides is 2. The number of hydrogen-bond donors (Lipinski definition) is 3. The largest absolute Gasteiger partial charge is 0.377 e. The van der Waals surface area contributed by atoms with Crippen LogP contribution >= 0.6 is 22.9 Å². The van der Waals surface area contributed by atoms with E-state index in [0.29, 0.717) is 34.6 Å². The smallest absolute Gasteiger partial charge is 0.263 e. The Balaban J connectivity index is 1.40. The minimum atomic E-state index is -0.642. The molecule has 1 atom stereocenters. The van der Waals surface area contributed by atoms with Gasteiger partial charge in [0.15, 0.2) is 0 Å². The Morgan fingerprint density at radius 2 is 1.97 bits per heavy atom. The van der Waals surface area contributed by atoms with Crippen molar-refractivity contribution in [2.24, 2.45) is 5.92 Å². The molecule has 3 N–H and O–H groups in total. The van der Waals surface area contributed by atoms with Crippen molar-refractivity contribution >= 4 is 46.3 Å². The third kappa shape index (κ3) is 7.22. The number of nitrogens with zero attached hydrogens (tertiary/aromatic N) is 3. The second-order valence-corrected chi connectivity index (χ2v) is 10.3. The van der Waals surface area contributed by atoms with Gasteiger partial charge in [0.05, 0.1) is 29.1 Å². The molecular weight excluding hydrogens is 484 g/mol. The van der Waals surface area contributed by atoms with Crippen molar-refractivity contribution in [3.05, 3.63) is 63.5 Å². The normalized spacial score (nSPS) is 14.8. The van der Waals surface area contributed by atoms with E-state index < -0.39 is 6.04 Å². The number of nitrogens with one attached hydrogen (secondary N) is 3. The first-order valence-electron chi connectivity index (χ1n) is 11.8. The van der Waals surface area contributed by atoms with Gasteiger partial charge in [-0.05, 0) is 37.5 Å². The molecule has 0 saturated heterocycles. The average molecular weight is 513 g/mol. The minimum Gasteiger partial charge on any atom is -0.377 e. The molecule has 10 heteroatoms. The van der Waals surface area contributed by atoms with Crippen LogP contribution in [0.2, 0.25) is 5.02 Å². The first kappa shape index (κ1) is 25.1. The topological polar surface area (TPSA) is 109 Å². The molecule has 184 valence electrons. The van der Waals surface area contributed by atoms with Gasteiger partial charge in [-0.3, -0.25) is 14.6 Å². The van der Waals surface area contributed by atoms with Crippen molar-refractivity contribution in [3.63, 3.8) is 0 Å². The SMILES string of the molecule is Cc1ncc(Cl)cc1NCc1ncc(C(=O)N[C@@H](CC2CCCCC2)C(=O)Nc2ccccn2)s1. The molecule has 35 heavy (non-hydrogen) atoms. The second kappa shape index (κ2) is 12.1. The number of carbonyl (C=O) groups excluding carboxylic acids is 2. The molecule has 2 amide bonds. The predicted octanol–water partition coefficient (Wildman–Crippen LogP) is 5.21. The number of hydrogen-bond acceptors (Lipinski definition) is 7. The Labute approximate surface area is 213 Å². The first-order valence-corrected chi connectivity index (χ1v) is 13.0. The fourth-order valence-electron chi connectivity index (χ4n) is 4.22. The van der Waals surface area contributed by atoms with Crippen LogP contribution in [0.25, 0.3) is 0 Å². The third-order valence-electron chi connectivity index (χ3n) is 6.09. The molecule has 3 aromatic rings. The molecule has 0 aromatic carbocycles. The van der Waals surface area contributed by atoms with Gasteiger partial charge in [-0.1, -0.05) is 49.8 Å². The van der Waals surface area contributed by atoms with E-state index in [9.17, 15) is 9.59 Å². The van der Waals surface area contributed by atoms with Gasteiger partial charge in [0.1, 0.15) is 21.7 Å². The van der Waals surface area contributed by atoms with E-state index in [2.05, 4.69) is 30.9 Å². The molecule has 3 heterocycles. The zero-order valence-corrected chi connectivity index (χ0v) is 21.2. The molecule has 0 bridgehead atoms. The summed E-state index contributed by atoms with van der Waals surface area (Å²) in [5.74, 6) is 0.334. The molecule has 1 aliphatic rings. The van der Waals surface area contributed by atoms with Crippen LogP contribution < -0.4 is 16.0 Å². The maximum atomic E-state index is 13.1. The summed E-state index contributed by atoms with van der Waals surface area (Å²) in [6.45, 7) is 2.33. The quantitative estimate of drug-likeness (QED) is 0.363. The maximum Gasteiger partial charge on any atom is 0.263 e. The lowest BCUT2D eigenvalue weighted by atomic mass is 9.84.